The van der Waals surface area contributed by atoms with E-state index in [4.69, 9.17) is 21.1 Å². The summed E-state index contributed by atoms with van der Waals surface area (Å²) in [5.41, 5.74) is 3.68. The van der Waals surface area contributed by atoms with Gasteiger partial charge < -0.3 is 19.5 Å². The van der Waals surface area contributed by atoms with Crippen LogP contribution < -0.4 is 9.64 Å². The molecule has 2 saturated heterocycles. The van der Waals surface area contributed by atoms with Gasteiger partial charge in [-0.3, -0.25) is 19.5 Å². The number of likely N-dealkylation sites (tertiary alicyclic amines) is 1. The molecule has 8 nitrogen and oxygen atoms in total. The summed E-state index contributed by atoms with van der Waals surface area (Å²) in [5, 5.41) is 10.1. The van der Waals surface area contributed by atoms with Crippen LogP contribution in [0.25, 0.3) is 21.3 Å². The number of aliphatic hydroxyl groups excluding tert-OH is 1. The van der Waals surface area contributed by atoms with Crippen LogP contribution in [0.3, 0.4) is 0 Å². The zero-order valence-corrected chi connectivity index (χ0v) is 20.5. The number of hydrogen-bond donors (Lipinski definition) is 1. The van der Waals surface area contributed by atoms with Gasteiger partial charge in [-0.05, 0) is 24.6 Å². The first-order valence-corrected chi connectivity index (χ1v) is 12.9. The molecule has 2 amide bonds. The third-order valence-electron chi connectivity index (χ3n) is 6.84. The molecule has 35 heavy (non-hydrogen) atoms. The zero-order chi connectivity index (χ0) is 24.1. The Morgan fingerprint density at radius 3 is 2.77 bits per heavy atom. The first kappa shape index (κ1) is 22.7. The highest BCUT2D eigenvalue weighted by Crippen LogP contribution is 2.47. The number of carbonyl (C=O) groups excluding carboxylic acids is 2. The van der Waals surface area contributed by atoms with Crippen LogP contribution in [-0.2, 0) is 20.9 Å². The fraction of sp³-hybridized carbons (Fsp3) is 0.400. The third kappa shape index (κ3) is 4.06. The number of benzene rings is 1. The lowest BCUT2D eigenvalue weighted by molar-refractivity contribution is -0.138. The van der Waals surface area contributed by atoms with Gasteiger partial charge in [-0.1, -0.05) is 11.6 Å². The van der Waals surface area contributed by atoms with Crippen LogP contribution in [0.1, 0.15) is 24.1 Å². The van der Waals surface area contributed by atoms with Crippen LogP contribution in [-0.4, -0.2) is 65.3 Å². The Morgan fingerprint density at radius 2 is 2.00 bits per heavy atom. The predicted molar refractivity (Wildman–Crippen MR) is 133 cm³/mol. The molecule has 10 heteroatoms. The lowest BCUT2D eigenvalue weighted by Crippen LogP contribution is -2.42. The highest BCUT2D eigenvalue weighted by molar-refractivity contribution is 7.19. The van der Waals surface area contributed by atoms with Crippen LogP contribution in [0, 0.1) is 0 Å². The van der Waals surface area contributed by atoms with Crippen molar-refractivity contribution in [3.8, 4) is 16.9 Å². The molecule has 3 aliphatic rings. The Hall–Kier alpha value is -2.72. The van der Waals surface area contributed by atoms with Gasteiger partial charge in [0.25, 0.3) is 0 Å². The second-order valence-electron chi connectivity index (χ2n) is 9.03. The Labute approximate surface area is 211 Å². The van der Waals surface area contributed by atoms with Crippen LogP contribution in [0.4, 0.5) is 5.69 Å². The maximum absolute atomic E-state index is 12.1. The maximum atomic E-state index is 12.1. The number of anilines is 1. The van der Waals surface area contributed by atoms with Gasteiger partial charge in [0.1, 0.15) is 12.4 Å². The van der Waals surface area contributed by atoms with Gasteiger partial charge >= 0.3 is 0 Å². The summed E-state index contributed by atoms with van der Waals surface area (Å²) in [7, 11) is 0. The molecule has 0 radical (unpaired) electrons. The Kier molecular flexibility index (Phi) is 5.88. The fourth-order valence-electron chi connectivity index (χ4n) is 5.18. The van der Waals surface area contributed by atoms with Crippen molar-refractivity contribution in [1.29, 1.82) is 0 Å². The molecule has 182 valence electrons. The number of nitrogens with zero attached hydrogens (tertiary/aromatic N) is 3. The normalized spacial score (nSPS) is 22.2. The maximum Gasteiger partial charge on any atom is 0.230 e. The van der Waals surface area contributed by atoms with E-state index >= 15 is 0 Å². The van der Waals surface area contributed by atoms with Crippen LogP contribution >= 0.6 is 22.9 Å². The quantitative estimate of drug-likeness (QED) is 0.521. The Balaban J connectivity index is 1.43. The monoisotopic (exact) mass is 513 g/mol. The fourth-order valence-corrected chi connectivity index (χ4v) is 6.52. The number of hydrogen-bond acceptors (Lipinski definition) is 8. The minimum absolute atomic E-state index is 0.00610. The number of imide groups is 1. The molecule has 2 atom stereocenters. The topological polar surface area (TPSA) is 92.2 Å². The molecule has 5 heterocycles. The van der Waals surface area contributed by atoms with Crippen molar-refractivity contribution in [2.45, 2.75) is 38.0 Å². The predicted octanol–water partition coefficient (Wildman–Crippen LogP) is 3.61. The van der Waals surface area contributed by atoms with Crippen LogP contribution in [0.2, 0.25) is 5.02 Å². The van der Waals surface area contributed by atoms with E-state index in [2.05, 4.69) is 9.88 Å². The van der Waals surface area contributed by atoms with Crippen LogP contribution in [0.15, 0.2) is 30.5 Å². The third-order valence-corrected chi connectivity index (χ3v) is 8.20. The first-order valence-electron chi connectivity index (χ1n) is 11.7. The van der Waals surface area contributed by atoms with Crippen molar-refractivity contribution in [2.75, 3.05) is 31.3 Å². The van der Waals surface area contributed by atoms with Crippen molar-refractivity contribution in [2.24, 2.45) is 0 Å². The highest BCUT2D eigenvalue weighted by Gasteiger charge is 2.35. The van der Waals surface area contributed by atoms with Gasteiger partial charge in [0.05, 0.1) is 54.4 Å². The van der Waals surface area contributed by atoms with Gasteiger partial charge in [0.15, 0.2) is 0 Å². The molecule has 0 bridgehead atoms. The van der Waals surface area contributed by atoms with Gasteiger partial charge in [-0.25, -0.2) is 0 Å². The standard InChI is InChI=1S/C25H24ClN3O5S/c26-14-7-19(24-21(8-14)33-6-5-28(24)15-9-16(12-30)34-13-15)18-3-4-27-20-10-17(35-25(18)20)11-29-22(31)1-2-23(29)32/h3-4,7-8,10,15-16,30H,1-2,5-6,9,11-13H2. The summed E-state index contributed by atoms with van der Waals surface area (Å²) in [5.74, 6) is 0.468. The summed E-state index contributed by atoms with van der Waals surface area (Å²) in [6.45, 7) is 2.06. The van der Waals surface area contributed by atoms with Crippen molar-refractivity contribution in [3.63, 3.8) is 0 Å². The molecular weight excluding hydrogens is 490 g/mol. The van der Waals surface area contributed by atoms with Gasteiger partial charge in [-0.15, -0.1) is 11.3 Å². The average Bonchev–Trinajstić information content (AvgIpc) is 3.58. The number of halogens is 1. The number of rotatable bonds is 5. The van der Waals surface area contributed by atoms with Crippen molar-refractivity contribution in [1.82, 2.24) is 9.88 Å². The molecule has 0 saturated carbocycles. The Morgan fingerprint density at radius 1 is 1.17 bits per heavy atom. The number of pyridine rings is 1. The van der Waals surface area contributed by atoms with Gasteiger partial charge in [-0.2, -0.15) is 0 Å². The van der Waals surface area contributed by atoms with E-state index in [1.165, 1.54) is 16.2 Å². The lowest BCUT2D eigenvalue weighted by Gasteiger charge is -2.37. The van der Waals surface area contributed by atoms with E-state index < -0.39 is 0 Å². The molecule has 3 aromatic rings. The summed E-state index contributed by atoms with van der Waals surface area (Å²) < 4.78 is 12.8. The number of ether oxygens (including phenoxy) is 2. The van der Waals surface area contributed by atoms with Crippen molar-refractivity contribution >= 4 is 50.7 Å². The number of amides is 2. The minimum atomic E-state index is -0.162. The second kappa shape index (κ2) is 9.05. The van der Waals surface area contributed by atoms with E-state index in [0.717, 1.165) is 44.1 Å². The number of aliphatic hydroxyl groups is 1. The molecule has 3 aliphatic heterocycles. The number of carbonyl (C=O) groups is 2. The molecule has 1 N–H and O–H groups in total. The molecule has 2 aromatic heterocycles. The van der Waals surface area contributed by atoms with E-state index in [9.17, 15) is 14.7 Å². The first-order chi connectivity index (χ1) is 17.0. The number of thiophene rings is 1. The zero-order valence-electron chi connectivity index (χ0n) is 18.9. The lowest BCUT2D eigenvalue weighted by atomic mass is 9.99. The van der Waals surface area contributed by atoms with E-state index in [0.29, 0.717) is 24.8 Å². The van der Waals surface area contributed by atoms with E-state index in [1.807, 2.05) is 24.3 Å². The summed E-state index contributed by atoms with van der Waals surface area (Å²) >= 11 is 8.07. The average molecular weight is 514 g/mol. The van der Waals surface area contributed by atoms with Crippen molar-refractivity contribution in [3.05, 3.63) is 40.4 Å². The highest BCUT2D eigenvalue weighted by atomic mass is 35.5. The van der Waals surface area contributed by atoms with Crippen molar-refractivity contribution < 1.29 is 24.2 Å². The summed E-state index contributed by atoms with van der Waals surface area (Å²) in [6.07, 6.45) is 2.90. The molecular formula is C25H24ClN3O5S. The smallest absolute Gasteiger partial charge is 0.230 e. The second-order valence-corrected chi connectivity index (χ2v) is 10.6. The molecule has 1 aromatic carbocycles. The SMILES string of the molecule is O=C1CCC(=O)N1Cc1cc2nccc(-c3cc(Cl)cc4c3N(C3COC(CO)C3)CCO4)c2s1. The molecule has 0 aliphatic carbocycles. The number of aromatic nitrogens is 1. The van der Waals surface area contributed by atoms with Gasteiger partial charge in [0.2, 0.25) is 11.8 Å². The molecule has 2 fully saturated rings. The molecule has 6 rings (SSSR count). The van der Waals surface area contributed by atoms with E-state index in [1.54, 1.807) is 6.20 Å². The summed E-state index contributed by atoms with van der Waals surface area (Å²) in [4.78, 5) is 33.4. The molecule has 2 unspecified atom stereocenters. The summed E-state index contributed by atoms with van der Waals surface area (Å²) in [6, 6.07) is 7.83. The number of fused-ring (bicyclic) bond motifs is 2. The van der Waals surface area contributed by atoms with Gasteiger partial charge in [0, 0.05) is 46.1 Å². The van der Waals surface area contributed by atoms with E-state index in [-0.39, 0.29) is 50.0 Å². The largest absolute Gasteiger partial charge is 0.489 e. The minimum Gasteiger partial charge on any atom is -0.489 e. The van der Waals surface area contributed by atoms with Crippen LogP contribution in [0.5, 0.6) is 5.75 Å². The molecule has 0 spiro atoms. The Bertz CT molecular complexity index is 1310.